The molecule has 1 amide bonds. The zero-order chi connectivity index (χ0) is 11.4. The highest BCUT2D eigenvalue weighted by atomic mass is 16.5. The van der Waals surface area contributed by atoms with Crippen LogP contribution < -0.4 is 5.73 Å². The quantitative estimate of drug-likeness (QED) is 0.807. The van der Waals surface area contributed by atoms with Crippen LogP contribution in [-0.2, 0) is 22.6 Å². The van der Waals surface area contributed by atoms with E-state index in [-0.39, 0.29) is 12.5 Å². The van der Waals surface area contributed by atoms with E-state index in [0.29, 0.717) is 26.2 Å². The molecular weight excluding hydrogens is 204 g/mol. The first-order valence-electron chi connectivity index (χ1n) is 5.43. The van der Waals surface area contributed by atoms with Gasteiger partial charge in [0.2, 0.25) is 5.91 Å². The standard InChI is InChI=1S/C12H16N2O2/c13-7-10-2-1-3-11(6-10)8-14-4-5-16-9-12(14)15/h1-3,6H,4-5,7-9,13H2. The van der Waals surface area contributed by atoms with Crippen molar-refractivity contribution < 1.29 is 9.53 Å². The fraction of sp³-hybridized carbons (Fsp3) is 0.417. The summed E-state index contributed by atoms with van der Waals surface area (Å²) in [5.74, 6) is 0.0596. The minimum atomic E-state index is 0.0596. The molecule has 1 aliphatic heterocycles. The van der Waals surface area contributed by atoms with Gasteiger partial charge in [0.25, 0.3) is 0 Å². The maximum Gasteiger partial charge on any atom is 0.248 e. The molecule has 4 nitrogen and oxygen atoms in total. The maximum atomic E-state index is 11.5. The Kier molecular flexibility index (Phi) is 3.54. The fourth-order valence-electron chi connectivity index (χ4n) is 1.79. The Hall–Kier alpha value is -1.39. The van der Waals surface area contributed by atoms with Crippen LogP contribution in [0.4, 0.5) is 0 Å². The molecule has 0 atom stereocenters. The average Bonchev–Trinajstić information content (AvgIpc) is 2.32. The van der Waals surface area contributed by atoms with Crippen molar-refractivity contribution in [2.24, 2.45) is 5.73 Å². The lowest BCUT2D eigenvalue weighted by Gasteiger charge is -2.26. The van der Waals surface area contributed by atoms with Gasteiger partial charge in [0.1, 0.15) is 6.61 Å². The van der Waals surface area contributed by atoms with E-state index in [1.807, 2.05) is 29.2 Å². The van der Waals surface area contributed by atoms with Crippen molar-refractivity contribution in [3.05, 3.63) is 35.4 Å². The van der Waals surface area contributed by atoms with Gasteiger partial charge in [0.15, 0.2) is 0 Å². The number of carbonyl (C=O) groups is 1. The van der Waals surface area contributed by atoms with Gasteiger partial charge in [-0.1, -0.05) is 24.3 Å². The van der Waals surface area contributed by atoms with Gasteiger partial charge in [-0.3, -0.25) is 4.79 Å². The highest BCUT2D eigenvalue weighted by molar-refractivity contribution is 5.78. The summed E-state index contributed by atoms with van der Waals surface area (Å²) in [6.45, 7) is 2.69. The van der Waals surface area contributed by atoms with Gasteiger partial charge < -0.3 is 15.4 Å². The minimum absolute atomic E-state index is 0.0596. The molecule has 86 valence electrons. The highest BCUT2D eigenvalue weighted by Crippen LogP contribution is 2.10. The lowest BCUT2D eigenvalue weighted by Crippen LogP contribution is -2.40. The molecule has 0 saturated carbocycles. The first-order valence-corrected chi connectivity index (χ1v) is 5.43. The molecule has 0 aromatic heterocycles. The van der Waals surface area contributed by atoms with Crippen LogP contribution in [0.25, 0.3) is 0 Å². The van der Waals surface area contributed by atoms with Crippen LogP contribution in [0, 0.1) is 0 Å². The van der Waals surface area contributed by atoms with E-state index in [2.05, 4.69) is 0 Å². The van der Waals surface area contributed by atoms with Gasteiger partial charge in [0.05, 0.1) is 6.61 Å². The van der Waals surface area contributed by atoms with E-state index < -0.39 is 0 Å². The molecule has 16 heavy (non-hydrogen) atoms. The van der Waals surface area contributed by atoms with Gasteiger partial charge in [-0.05, 0) is 11.1 Å². The molecule has 1 aliphatic rings. The Balaban J connectivity index is 2.04. The smallest absolute Gasteiger partial charge is 0.248 e. The number of hydrogen-bond donors (Lipinski definition) is 1. The van der Waals surface area contributed by atoms with Crippen molar-refractivity contribution >= 4 is 5.91 Å². The lowest BCUT2D eigenvalue weighted by molar-refractivity contribution is -0.143. The molecule has 0 spiro atoms. The number of morpholine rings is 1. The zero-order valence-electron chi connectivity index (χ0n) is 9.19. The molecule has 0 unspecified atom stereocenters. The van der Waals surface area contributed by atoms with Crippen molar-refractivity contribution in [3.8, 4) is 0 Å². The fourth-order valence-corrected chi connectivity index (χ4v) is 1.79. The SMILES string of the molecule is NCc1cccc(CN2CCOCC2=O)c1. The Morgan fingerprint density at radius 2 is 2.19 bits per heavy atom. The van der Waals surface area contributed by atoms with Crippen molar-refractivity contribution in [2.45, 2.75) is 13.1 Å². The number of nitrogens with zero attached hydrogens (tertiary/aromatic N) is 1. The second-order valence-electron chi connectivity index (χ2n) is 3.89. The third-order valence-corrected chi connectivity index (χ3v) is 2.68. The van der Waals surface area contributed by atoms with Crippen molar-refractivity contribution in [2.75, 3.05) is 19.8 Å². The van der Waals surface area contributed by atoms with Crippen molar-refractivity contribution in [1.82, 2.24) is 4.90 Å². The molecule has 1 heterocycles. The zero-order valence-corrected chi connectivity index (χ0v) is 9.19. The second-order valence-corrected chi connectivity index (χ2v) is 3.89. The second kappa shape index (κ2) is 5.09. The number of amides is 1. The van der Waals surface area contributed by atoms with Crippen LogP contribution in [0.5, 0.6) is 0 Å². The molecule has 1 aromatic carbocycles. The Bertz CT molecular complexity index is 379. The number of ether oxygens (including phenoxy) is 1. The van der Waals surface area contributed by atoms with Crippen LogP contribution >= 0.6 is 0 Å². The van der Waals surface area contributed by atoms with Crippen LogP contribution in [0.3, 0.4) is 0 Å². The van der Waals surface area contributed by atoms with Gasteiger partial charge >= 0.3 is 0 Å². The molecule has 4 heteroatoms. The number of benzene rings is 1. The first-order chi connectivity index (χ1) is 7.79. The maximum absolute atomic E-state index is 11.5. The Labute approximate surface area is 95.0 Å². The molecule has 1 saturated heterocycles. The average molecular weight is 220 g/mol. The molecular formula is C12H16N2O2. The number of rotatable bonds is 3. The van der Waals surface area contributed by atoms with Crippen molar-refractivity contribution in [1.29, 1.82) is 0 Å². The molecule has 1 aromatic rings. The Morgan fingerprint density at radius 3 is 2.94 bits per heavy atom. The predicted octanol–water partition coefficient (Wildman–Crippen LogP) is 0.504. The molecule has 0 aliphatic carbocycles. The molecule has 1 fully saturated rings. The lowest BCUT2D eigenvalue weighted by atomic mass is 10.1. The topological polar surface area (TPSA) is 55.6 Å². The normalized spacial score (nSPS) is 16.6. The van der Waals surface area contributed by atoms with Crippen LogP contribution in [-0.4, -0.2) is 30.6 Å². The van der Waals surface area contributed by atoms with E-state index in [1.165, 1.54) is 0 Å². The van der Waals surface area contributed by atoms with Crippen molar-refractivity contribution in [3.63, 3.8) is 0 Å². The van der Waals surface area contributed by atoms with Gasteiger partial charge in [0, 0.05) is 19.6 Å². The van der Waals surface area contributed by atoms with E-state index in [9.17, 15) is 4.79 Å². The molecule has 0 bridgehead atoms. The van der Waals surface area contributed by atoms with E-state index in [0.717, 1.165) is 11.1 Å². The summed E-state index contributed by atoms with van der Waals surface area (Å²) >= 11 is 0. The third-order valence-electron chi connectivity index (χ3n) is 2.68. The largest absolute Gasteiger partial charge is 0.370 e. The highest BCUT2D eigenvalue weighted by Gasteiger charge is 2.18. The number of hydrogen-bond acceptors (Lipinski definition) is 3. The summed E-state index contributed by atoms with van der Waals surface area (Å²) in [6, 6.07) is 8.03. The van der Waals surface area contributed by atoms with Crippen LogP contribution in [0.1, 0.15) is 11.1 Å². The van der Waals surface area contributed by atoms with E-state index in [4.69, 9.17) is 10.5 Å². The van der Waals surface area contributed by atoms with E-state index >= 15 is 0 Å². The van der Waals surface area contributed by atoms with Crippen LogP contribution in [0.2, 0.25) is 0 Å². The predicted molar refractivity (Wildman–Crippen MR) is 60.6 cm³/mol. The molecule has 0 radical (unpaired) electrons. The Morgan fingerprint density at radius 1 is 1.38 bits per heavy atom. The summed E-state index contributed by atoms with van der Waals surface area (Å²) in [4.78, 5) is 13.3. The summed E-state index contributed by atoms with van der Waals surface area (Å²) in [7, 11) is 0. The van der Waals surface area contributed by atoms with Gasteiger partial charge in [-0.2, -0.15) is 0 Å². The van der Waals surface area contributed by atoms with Crippen LogP contribution in [0.15, 0.2) is 24.3 Å². The first kappa shape index (κ1) is 11.1. The monoisotopic (exact) mass is 220 g/mol. The van der Waals surface area contributed by atoms with Gasteiger partial charge in [-0.25, -0.2) is 0 Å². The summed E-state index contributed by atoms with van der Waals surface area (Å²) in [5, 5.41) is 0. The minimum Gasteiger partial charge on any atom is -0.370 e. The van der Waals surface area contributed by atoms with E-state index in [1.54, 1.807) is 0 Å². The molecule has 2 N–H and O–H groups in total. The number of carbonyl (C=O) groups excluding carboxylic acids is 1. The van der Waals surface area contributed by atoms with Gasteiger partial charge in [-0.15, -0.1) is 0 Å². The summed E-state index contributed by atoms with van der Waals surface area (Å²) in [6.07, 6.45) is 0. The summed E-state index contributed by atoms with van der Waals surface area (Å²) in [5.41, 5.74) is 7.80. The molecule has 2 rings (SSSR count). The third kappa shape index (κ3) is 2.59. The summed E-state index contributed by atoms with van der Waals surface area (Å²) < 4.78 is 5.08. The number of nitrogens with two attached hydrogens (primary N) is 1.